The minimum Gasteiger partial charge on any atom is -0.302 e. The molecule has 8 heteroatoms. The SMILES string of the molecule is Cc1ccc(C)c(S(=O)(=O)N2CCc3nc(NC(=O)C4CC4)sc3C2)c1. The molecule has 0 spiro atoms. The first-order valence-corrected chi connectivity index (χ1v) is 11.0. The molecule has 1 aliphatic heterocycles. The first-order chi connectivity index (χ1) is 12.3. The summed E-state index contributed by atoms with van der Waals surface area (Å²) in [6.07, 6.45) is 2.45. The second-order valence-corrected chi connectivity index (χ2v) is 10.00. The van der Waals surface area contributed by atoms with Gasteiger partial charge in [0.2, 0.25) is 15.9 Å². The highest BCUT2D eigenvalue weighted by Gasteiger charge is 2.33. The lowest BCUT2D eigenvalue weighted by Crippen LogP contribution is -2.35. The first kappa shape index (κ1) is 17.6. The number of anilines is 1. The van der Waals surface area contributed by atoms with Crippen LogP contribution in [0.4, 0.5) is 5.13 Å². The van der Waals surface area contributed by atoms with Crippen LogP contribution in [0.1, 0.15) is 34.5 Å². The number of carbonyl (C=O) groups is 1. The molecular weight excluding hydrogens is 370 g/mol. The number of rotatable bonds is 4. The Morgan fingerprint density at radius 2 is 2.08 bits per heavy atom. The molecule has 0 bridgehead atoms. The van der Waals surface area contributed by atoms with Crippen LogP contribution in [0.2, 0.25) is 0 Å². The molecule has 1 N–H and O–H groups in total. The van der Waals surface area contributed by atoms with Gasteiger partial charge in [0.05, 0.1) is 17.1 Å². The predicted molar refractivity (Wildman–Crippen MR) is 101 cm³/mol. The molecule has 0 unspecified atom stereocenters. The van der Waals surface area contributed by atoms with Crippen molar-refractivity contribution in [3.05, 3.63) is 39.9 Å². The van der Waals surface area contributed by atoms with E-state index in [1.165, 1.54) is 15.6 Å². The van der Waals surface area contributed by atoms with E-state index in [0.717, 1.165) is 34.5 Å². The average molecular weight is 392 g/mol. The van der Waals surface area contributed by atoms with Crippen LogP contribution in [0.25, 0.3) is 0 Å². The number of nitrogens with zero attached hydrogens (tertiary/aromatic N) is 2. The third kappa shape index (κ3) is 3.28. The zero-order valence-corrected chi connectivity index (χ0v) is 16.4. The number of hydrogen-bond donors (Lipinski definition) is 1. The normalized spacial score (nSPS) is 17.8. The van der Waals surface area contributed by atoms with E-state index in [9.17, 15) is 13.2 Å². The lowest BCUT2D eigenvalue weighted by molar-refractivity contribution is -0.117. The van der Waals surface area contributed by atoms with Crippen LogP contribution in [-0.4, -0.2) is 30.2 Å². The van der Waals surface area contributed by atoms with Gasteiger partial charge in [-0.25, -0.2) is 13.4 Å². The molecule has 4 rings (SSSR count). The Bertz CT molecular complexity index is 978. The summed E-state index contributed by atoms with van der Waals surface area (Å²) in [5, 5.41) is 3.44. The van der Waals surface area contributed by atoms with E-state index in [4.69, 9.17) is 0 Å². The molecule has 6 nitrogen and oxygen atoms in total. The number of sulfonamides is 1. The third-order valence-corrected chi connectivity index (χ3v) is 7.82. The number of benzene rings is 1. The molecule has 0 atom stereocenters. The van der Waals surface area contributed by atoms with E-state index in [-0.39, 0.29) is 11.8 Å². The maximum absolute atomic E-state index is 13.1. The van der Waals surface area contributed by atoms with Gasteiger partial charge < -0.3 is 5.32 Å². The Morgan fingerprint density at radius 3 is 2.81 bits per heavy atom. The fraction of sp³-hybridized carbons (Fsp3) is 0.444. The molecule has 2 aromatic rings. The van der Waals surface area contributed by atoms with E-state index in [1.54, 1.807) is 6.07 Å². The summed E-state index contributed by atoms with van der Waals surface area (Å²) in [6.45, 7) is 4.43. The van der Waals surface area contributed by atoms with Crippen LogP contribution in [0, 0.1) is 19.8 Å². The summed E-state index contributed by atoms with van der Waals surface area (Å²) < 4.78 is 27.7. The van der Waals surface area contributed by atoms with Gasteiger partial charge in [0.25, 0.3) is 0 Å². The summed E-state index contributed by atoms with van der Waals surface area (Å²) in [6, 6.07) is 5.49. The van der Waals surface area contributed by atoms with Gasteiger partial charge in [-0.15, -0.1) is 11.3 Å². The highest BCUT2D eigenvalue weighted by molar-refractivity contribution is 7.89. The van der Waals surface area contributed by atoms with Crippen molar-refractivity contribution in [1.29, 1.82) is 0 Å². The van der Waals surface area contributed by atoms with Gasteiger partial charge in [0.1, 0.15) is 0 Å². The van der Waals surface area contributed by atoms with E-state index in [0.29, 0.717) is 29.5 Å². The first-order valence-electron chi connectivity index (χ1n) is 8.71. The highest BCUT2D eigenvalue weighted by Crippen LogP contribution is 2.34. The predicted octanol–water partition coefficient (Wildman–Crippen LogP) is 2.86. The molecule has 2 aliphatic rings. The van der Waals surface area contributed by atoms with Crippen LogP contribution in [-0.2, 0) is 27.8 Å². The Hall–Kier alpha value is -1.77. The Balaban J connectivity index is 1.56. The maximum atomic E-state index is 13.1. The second kappa shape index (κ2) is 6.44. The molecule has 1 fully saturated rings. The van der Waals surface area contributed by atoms with Gasteiger partial charge >= 0.3 is 0 Å². The van der Waals surface area contributed by atoms with Crippen LogP contribution < -0.4 is 5.32 Å². The van der Waals surface area contributed by atoms with Gasteiger partial charge in [-0.05, 0) is 43.9 Å². The summed E-state index contributed by atoms with van der Waals surface area (Å²) in [7, 11) is -3.55. The molecule has 1 aromatic heterocycles. The number of aromatic nitrogens is 1. The number of thiazole rings is 1. The number of carbonyl (C=O) groups excluding carboxylic acids is 1. The second-order valence-electron chi connectivity index (χ2n) is 7.01. The molecular formula is C18H21N3O3S2. The number of amides is 1. The molecule has 1 amide bonds. The fourth-order valence-electron chi connectivity index (χ4n) is 3.11. The quantitative estimate of drug-likeness (QED) is 0.869. The Kier molecular flexibility index (Phi) is 4.37. The van der Waals surface area contributed by atoms with Crippen LogP contribution in [0.5, 0.6) is 0 Å². The Labute approximate surface area is 157 Å². The van der Waals surface area contributed by atoms with Crippen molar-refractivity contribution in [3.63, 3.8) is 0 Å². The summed E-state index contributed by atoms with van der Waals surface area (Å²) in [4.78, 5) is 17.7. The smallest absolute Gasteiger partial charge is 0.243 e. The highest BCUT2D eigenvalue weighted by atomic mass is 32.2. The topological polar surface area (TPSA) is 79.4 Å². The molecule has 0 radical (unpaired) electrons. The molecule has 1 aliphatic carbocycles. The monoisotopic (exact) mass is 391 g/mol. The van der Waals surface area contributed by atoms with Crippen LogP contribution in [0.15, 0.2) is 23.1 Å². The number of nitrogens with one attached hydrogen (secondary N) is 1. The molecule has 0 saturated heterocycles. The lowest BCUT2D eigenvalue weighted by atomic mass is 10.2. The van der Waals surface area contributed by atoms with Gasteiger partial charge in [-0.1, -0.05) is 12.1 Å². The molecule has 2 heterocycles. The number of aryl methyl sites for hydroxylation is 2. The largest absolute Gasteiger partial charge is 0.302 e. The fourth-order valence-corrected chi connectivity index (χ4v) is 5.94. The standard InChI is InChI=1S/C18H21N3O3S2/c1-11-3-4-12(2)16(9-11)26(23,24)21-8-7-14-15(10-21)25-18(19-14)20-17(22)13-5-6-13/h3-4,9,13H,5-8,10H2,1-2H3,(H,19,20,22). The molecule has 138 valence electrons. The van der Waals surface area contributed by atoms with E-state index < -0.39 is 10.0 Å². The Morgan fingerprint density at radius 1 is 1.31 bits per heavy atom. The van der Waals surface area contributed by atoms with Crippen molar-refractivity contribution in [1.82, 2.24) is 9.29 Å². The van der Waals surface area contributed by atoms with Crippen molar-refractivity contribution in [3.8, 4) is 0 Å². The van der Waals surface area contributed by atoms with Gasteiger partial charge in [-0.2, -0.15) is 4.31 Å². The average Bonchev–Trinajstić information content (AvgIpc) is 3.37. The zero-order valence-electron chi connectivity index (χ0n) is 14.8. The summed E-state index contributed by atoms with van der Waals surface area (Å²) in [5.74, 6) is 0.146. The summed E-state index contributed by atoms with van der Waals surface area (Å²) >= 11 is 1.38. The summed E-state index contributed by atoms with van der Waals surface area (Å²) in [5.41, 5.74) is 2.58. The van der Waals surface area contributed by atoms with Gasteiger partial charge in [0, 0.05) is 23.8 Å². The molecule has 26 heavy (non-hydrogen) atoms. The van der Waals surface area contributed by atoms with Crippen molar-refractivity contribution in [2.24, 2.45) is 5.92 Å². The van der Waals surface area contributed by atoms with Crippen molar-refractivity contribution in [2.45, 2.75) is 44.6 Å². The zero-order chi connectivity index (χ0) is 18.5. The van der Waals surface area contributed by atoms with Crippen molar-refractivity contribution < 1.29 is 13.2 Å². The minimum atomic E-state index is -3.55. The van der Waals surface area contributed by atoms with E-state index >= 15 is 0 Å². The van der Waals surface area contributed by atoms with Gasteiger partial charge in [0.15, 0.2) is 5.13 Å². The van der Waals surface area contributed by atoms with E-state index in [2.05, 4.69) is 10.3 Å². The third-order valence-electron chi connectivity index (χ3n) is 4.84. The molecule has 1 aromatic carbocycles. The van der Waals surface area contributed by atoms with E-state index in [1.807, 2.05) is 26.0 Å². The van der Waals surface area contributed by atoms with Crippen LogP contribution >= 0.6 is 11.3 Å². The lowest BCUT2D eigenvalue weighted by Gasteiger charge is -2.26. The number of hydrogen-bond acceptors (Lipinski definition) is 5. The van der Waals surface area contributed by atoms with Crippen LogP contribution in [0.3, 0.4) is 0 Å². The maximum Gasteiger partial charge on any atom is 0.243 e. The minimum absolute atomic E-state index is 0.0240. The van der Waals surface area contributed by atoms with Crippen molar-refractivity contribution >= 4 is 32.4 Å². The van der Waals surface area contributed by atoms with Gasteiger partial charge in [-0.3, -0.25) is 4.79 Å². The molecule has 1 saturated carbocycles. The number of fused-ring (bicyclic) bond motifs is 1. The van der Waals surface area contributed by atoms with Crippen molar-refractivity contribution in [2.75, 3.05) is 11.9 Å².